The van der Waals surface area contributed by atoms with E-state index in [1.807, 2.05) is 55.6 Å². The number of benzene rings is 2. The van der Waals surface area contributed by atoms with Crippen LogP contribution in [0.3, 0.4) is 0 Å². The van der Waals surface area contributed by atoms with Gasteiger partial charge in [0.25, 0.3) is 0 Å². The van der Waals surface area contributed by atoms with Crippen molar-refractivity contribution in [1.29, 1.82) is 0 Å². The van der Waals surface area contributed by atoms with Crippen LogP contribution in [0.4, 0.5) is 0 Å². The lowest BCUT2D eigenvalue weighted by Crippen LogP contribution is -2.46. The van der Waals surface area contributed by atoms with Crippen LogP contribution in [0.1, 0.15) is 29.7 Å². The number of carbonyl (C=O) groups excluding carboxylic acids is 1. The maximum atomic E-state index is 13.2. The second kappa shape index (κ2) is 9.52. The predicted molar refractivity (Wildman–Crippen MR) is 127 cm³/mol. The molecular formula is C24H27N3O3S2. The molecule has 1 saturated heterocycles. The van der Waals surface area contributed by atoms with Crippen LogP contribution in [0.25, 0.3) is 10.6 Å². The van der Waals surface area contributed by atoms with E-state index >= 15 is 0 Å². The van der Waals surface area contributed by atoms with Gasteiger partial charge in [0.05, 0.1) is 10.6 Å². The molecule has 0 spiro atoms. The first-order chi connectivity index (χ1) is 15.3. The summed E-state index contributed by atoms with van der Waals surface area (Å²) in [5, 5.41) is 5.87. The number of nitrogens with one attached hydrogen (secondary N) is 1. The first-order valence-corrected chi connectivity index (χ1v) is 13.0. The Kier molecular flexibility index (Phi) is 6.74. The number of aromatic nitrogens is 1. The molecule has 1 N–H and O–H groups in total. The number of nitrogens with zero attached hydrogens (tertiary/aromatic N) is 2. The highest BCUT2D eigenvalue weighted by molar-refractivity contribution is 7.89. The summed E-state index contributed by atoms with van der Waals surface area (Å²) in [5.41, 5.74) is 3.77. The third kappa shape index (κ3) is 4.92. The zero-order valence-corrected chi connectivity index (χ0v) is 19.9. The summed E-state index contributed by atoms with van der Waals surface area (Å²) in [4.78, 5) is 17.8. The minimum atomic E-state index is -3.72. The highest BCUT2D eigenvalue weighted by atomic mass is 32.2. The number of hydrogen-bond acceptors (Lipinski definition) is 5. The zero-order valence-electron chi connectivity index (χ0n) is 18.2. The SMILES string of the molecule is Cc1cc(C)cc(S(=O)(=O)N2CCC[C@@H]2C(=O)NCCc2csc(-c3ccccc3)n2)c1. The number of thiazole rings is 1. The van der Waals surface area contributed by atoms with Gasteiger partial charge in [-0.15, -0.1) is 11.3 Å². The Bertz CT molecular complexity index is 1190. The summed E-state index contributed by atoms with van der Waals surface area (Å²) in [6, 6.07) is 14.6. The number of hydrogen-bond donors (Lipinski definition) is 1. The normalized spacial score (nSPS) is 16.9. The predicted octanol–water partition coefficient (Wildman–Crippen LogP) is 3.94. The monoisotopic (exact) mass is 469 g/mol. The molecule has 1 aliphatic heterocycles. The van der Waals surface area contributed by atoms with Crippen LogP contribution in [-0.2, 0) is 21.2 Å². The summed E-state index contributed by atoms with van der Waals surface area (Å²) >= 11 is 1.58. The van der Waals surface area contributed by atoms with E-state index in [0.29, 0.717) is 32.4 Å². The van der Waals surface area contributed by atoms with Gasteiger partial charge in [-0.2, -0.15) is 4.31 Å². The molecule has 1 aromatic heterocycles. The molecular weight excluding hydrogens is 442 g/mol. The Hall–Kier alpha value is -2.55. The van der Waals surface area contributed by atoms with Gasteiger partial charge in [-0.1, -0.05) is 36.4 Å². The smallest absolute Gasteiger partial charge is 0.243 e. The minimum absolute atomic E-state index is 0.242. The van der Waals surface area contributed by atoms with Crippen LogP contribution < -0.4 is 5.32 Å². The molecule has 4 rings (SSSR count). The fourth-order valence-electron chi connectivity index (χ4n) is 4.07. The van der Waals surface area contributed by atoms with Gasteiger partial charge in [-0.05, 0) is 49.9 Å². The molecule has 1 atom stereocenters. The van der Waals surface area contributed by atoms with Crippen molar-refractivity contribution < 1.29 is 13.2 Å². The molecule has 0 aliphatic carbocycles. The number of sulfonamides is 1. The van der Waals surface area contributed by atoms with E-state index in [4.69, 9.17) is 0 Å². The molecule has 0 bridgehead atoms. The summed E-state index contributed by atoms with van der Waals surface area (Å²) in [6.07, 6.45) is 1.81. The first kappa shape index (κ1) is 22.6. The van der Waals surface area contributed by atoms with E-state index < -0.39 is 16.1 Å². The van der Waals surface area contributed by atoms with Crippen molar-refractivity contribution in [2.45, 2.75) is 44.0 Å². The number of rotatable bonds is 7. The van der Waals surface area contributed by atoms with Gasteiger partial charge in [0.2, 0.25) is 15.9 Å². The second-order valence-corrected chi connectivity index (χ2v) is 10.9. The third-order valence-electron chi connectivity index (χ3n) is 5.56. The lowest BCUT2D eigenvalue weighted by molar-refractivity contribution is -0.124. The summed E-state index contributed by atoms with van der Waals surface area (Å²) < 4.78 is 27.8. The van der Waals surface area contributed by atoms with Gasteiger partial charge in [-0.25, -0.2) is 13.4 Å². The van der Waals surface area contributed by atoms with Crippen molar-refractivity contribution in [3.63, 3.8) is 0 Å². The largest absolute Gasteiger partial charge is 0.354 e. The molecule has 0 radical (unpaired) electrons. The highest BCUT2D eigenvalue weighted by Crippen LogP contribution is 2.27. The van der Waals surface area contributed by atoms with Crippen LogP contribution in [0, 0.1) is 13.8 Å². The average Bonchev–Trinajstić information content (AvgIpc) is 3.44. The summed E-state index contributed by atoms with van der Waals surface area (Å²) in [7, 11) is -3.72. The Morgan fingerprint density at radius 2 is 1.88 bits per heavy atom. The van der Waals surface area contributed by atoms with Crippen LogP contribution >= 0.6 is 11.3 Å². The van der Waals surface area contributed by atoms with E-state index in [1.165, 1.54) is 4.31 Å². The number of amides is 1. The van der Waals surface area contributed by atoms with E-state index in [1.54, 1.807) is 23.5 Å². The number of carbonyl (C=O) groups is 1. The van der Waals surface area contributed by atoms with Crippen molar-refractivity contribution in [2.24, 2.45) is 0 Å². The van der Waals surface area contributed by atoms with Crippen molar-refractivity contribution >= 4 is 27.3 Å². The van der Waals surface area contributed by atoms with E-state index in [9.17, 15) is 13.2 Å². The molecule has 1 fully saturated rings. The topological polar surface area (TPSA) is 79.4 Å². The van der Waals surface area contributed by atoms with Gasteiger partial charge in [0.15, 0.2) is 0 Å². The first-order valence-electron chi connectivity index (χ1n) is 10.7. The maximum Gasteiger partial charge on any atom is 0.243 e. The Morgan fingerprint density at radius 3 is 2.59 bits per heavy atom. The Balaban J connectivity index is 1.38. The number of aryl methyl sites for hydroxylation is 2. The van der Waals surface area contributed by atoms with Gasteiger partial charge in [0, 0.05) is 30.5 Å². The maximum absolute atomic E-state index is 13.2. The lowest BCUT2D eigenvalue weighted by Gasteiger charge is -2.23. The Morgan fingerprint density at radius 1 is 1.16 bits per heavy atom. The lowest BCUT2D eigenvalue weighted by atomic mass is 10.2. The molecule has 32 heavy (non-hydrogen) atoms. The van der Waals surface area contributed by atoms with Crippen molar-refractivity contribution in [3.05, 3.63) is 70.7 Å². The van der Waals surface area contributed by atoms with Gasteiger partial charge < -0.3 is 5.32 Å². The van der Waals surface area contributed by atoms with Gasteiger partial charge in [0.1, 0.15) is 11.0 Å². The van der Waals surface area contributed by atoms with Crippen LogP contribution in [-0.4, -0.2) is 42.7 Å². The standard InChI is InChI=1S/C24H27N3O3S2/c1-17-13-18(2)15-21(14-17)32(29,30)27-12-6-9-22(27)23(28)25-11-10-20-16-31-24(26-20)19-7-4-3-5-8-19/h3-5,7-8,13-16,22H,6,9-12H2,1-2H3,(H,25,28)/t22-/m1/s1. The van der Waals surface area contributed by atoms with Gasteiger partial charge in [-0.3, -0.25) is 4.79 Å². The molecule has 0 saturated carbocycles. The van der Waals surface area contributed by atoms with E-state index in [2.05, 4.69) is 10.3 Å². The summed E-state index contributed by atoms with van der Waals surface area (Å²) in [6.45, 7) is 4.54. The minimum Gasteiger partial charge on any atom is -0.354 e. The molecule has 168 valence electrons. The average molecular weight is 470 g/mol. The molecule has 6 nitrogen and oxygen atoms in total. The fourth-order valence-corrected chi connectivity index (χ4v) is 6.78. The zero-order chi connectivity index (χ0) is 22.7. The molecule has 8 heteroatoms. The molecule has 2 heterocycles. The molecule has 1 amide bonds. The van der Waals surface area contributed by atoms with E-state index in [-0.39, 0.29) is 10.8 Å². The van der Waals surface area contributed by atoms with Crippen LogP contribution in [0.5, 0.6) is 0 Å². The molecule has 1 aliphatic rings. The fraction of sp³-hybridized carbons (Fsp3) is 0.333. The van der Waals surface area contributed by atoms with Crippen molar-refractivity contribution in [2.75, 3.05) is 13.1 Å². The van der Waals surface area contributed by atoms with Crippen molar-refractivity contribution in [3.8, 4) is 10.6 Å². The Labute approximate surface area is 193 Å². The third-order valence-corrected chi connectivity index (χ3v) is 8.39. The van der Waals surface area contributed by atoms with E-state index in [0.717, 1.165) is 27.4 Å². The molecule has 0 unspecified atom stereocenters. The highest BCUT2D eigenvalue weighted by Gasteiger charge is 2.39. The van der Waals surface area contributed by atoms with Crippen LogP contribution in [0.2, 0.25) is 0 Å². The molecule has 3 aromatic rings. The quantitative estimate of drug-likeness (QED) is 0.568. The second-order valence-electron chi connectivity index (χ2n) is 8.15. The molecule has 2 aromatic carbocycles. The van der Waals surface area contributed by atoms with Crippen molar-refractivity contribution in [1.82, 2.24) is 14.6 Å². The van der Waals surface area contributed by atoms with Gasteiger partial charge >= 0.3 is 0 Å². The summed E-state index contributed by atoms with van der Waals surface area (Å²) in [5.74, 6) is -0.242. The van der Waals surface area contributed by atoms with Crippen LogP contribution in [0.15, 0.2) is 58.8 Å².